The molecule has 2 rings (SSSR count). The van der Waals surface area contributed by atoms with Crippen molar-refractivity contribution in [3.8, 4) is 6.07 Å². The second-order valence-electron chi connectivity index (χ2n) is 5.65. The predicted octanol–water partition coefficient (Wildman–Crippen LogP) is 2.27. The van der Waals surface area contributed by atoms with E-state index in [9.17, 15) is 15.2 Å². The average Bonchev–Trinajstić information content (AvgIpc) is 2.64. The van der Waals surface area contributed by atoms with Crippen LogP contribution in [0, 0.1) is 11.3 Å². The molecule has 1 unspecified atom stereocenters. The first-order valence-electron chi connectivity index (χ1n) is 8.04. The highest BCUT2D eigenvalue weighted by atomic mass is 16.3. The second-order valence-corrected chi connectivity index (χ2v) is 5.65. The van der Waals surface area contributed by atoms with E-state index in [-0.39, 0.29) is 18.2 Å². The molecule has 0 aliphatic carbocycles. The van der Waals surface area contributed by atoms with Gasteiger partial charge in [-0.05, 0) is 18.1 Å². The van der Waals surface area contributed by atoms with E-state index in [1.54, 1.807) is 6.92 Å². The van der Waals surface area contributed by atoms with Crippen LogP contribution < -0.4 is 10.6 Å². The van der Waals surface area contributed by atoms with Crippen molar-refractivity contribution < 1.29 is 9.90 Å². The third kappa shape index (κ3) is 5.48. The minimum atomic E-state index is -0.569. The molecule has 0 radical (unpaired) electrons. The lowest BCUT2D eigenvalue weighted by molar-refractivity contribution is -0.117. The maximum Gasteiger partial charge on any atom is 0.264 e. The molecule has 0 saturated heterocycles. The Labute approximate surface area is 147 Å². The zero-order valence-electron chi connectivity index (χ0n) is 14.0. The van der Waals surface area contributed by atoms with Crippen molar-refractivity contribution in [3.05, 3.63) is 83.6 Å². The van der Waals surface area contributed by atoms with Gasteiger partial charge in [0.25, 0.3) is 5.91 Å². The van der Waals surface area contributed by atoms with Crippen LogP contribution in [0.5, 0.6) is 0 Å². The van der Waals surface area contributed by atoms with Crippen LogP contribution in [0.4, 0.5) is 0 Å². The normalized spacial score (nSPS) is 12.3. The van der Waals surface area contributed by atoms with Crippen LogP contribution in [0.3, 0.4) is 0 Å². The molecule has 5 nitrogen and oxygen atoms in total. The maximum atomic E-state index is 12.5. The van der Waals surface area contributed by atoms with Gasteiger partial charge in [0.1, 0.15) is 11.6 Å². The number of aliphatic hydroxyl groups excluding tert-OH is 1. The van der Waals surface area contributed by atoms with Gasteiger partial charge in [0, 0.05) is 12.7 Å². The molecule has 5 heteroatoms. The van der Waals surface area contributed by atoms with E-state index in [4.69, 9.17) is 0 Å². The standard InChI is InChI=1S/C20H21N3O2/c1-15(24)13-22-14-18(12-21)20(25)23-19(16-8-4-2-5-9-16)17-10-6-3-7-11-17/h2-11,14-15,19,22,24H,13H2,1H3,(H,23,25)/b18-14-. The van der Waals surface area contributed by atoms with E-state index in [1.807, 2.05) is 66.7 Å². The number of hydrogen-bond donors (Lipinski definition) is 3. The largest absolute Gasteiger partial charge is 0.392 e. The van der Waals surface area contributed by atoms with Crippen molar-refractivity contribution in [2.24, 2.45) is 0 Å². The lowest BCUT2D eigenvalue weighted by atomic mass is 9.98. The molecule has 2 aromatic carbocycles. The first-order valence-corrected chi connectivity index (χ1v) is 8.04. The van der Waals surface area contributed by atoms with Crippen LogP contribution in [0.25, 0.3) is 0 Å². The third-order valence-corrected chi connectivity index (χ3v) is 3.57. The molecular weight excluding hydrogens is 314 g/mol. The summed E-state index contributed by atoms with van der Waals surface area (Å²) in [6.07, 6.45) is 0.760. The van der Waals surface area contributed by atoms with Gasteiger partial charge in [-0.15, -0.1) is 0 Å². The molecule has 0 saturated carbocycles. The Morgan fingerprint density at radius 2 is 1.64 bits per heavy atom. The van der Waals surface area contributed by atoms with Gasteiger partial charge < -0.3 is 15.7 Å². The topological polar surface area (TPSA) is 85.2 Å². The van der Waals surface area contributed by atoms with Gasteiger partial charge in [-0.3, -0.25) is 4.79 Å². The van der Waals surface area contributed by atoms with Crippen molar-refractivity contribution in [3.63, 3.8) is 0 Å². The fraction of sp³-hybridized carbons (Fsp3) is 0.200. The van der Waals surface area contributed by atoms with E-state index < -0.39 is 12.0 Å². The number of nitriles is 1. The quantitative estimate of drug-likeness (QED) is 0.535. The number of carbonyl (C=O) groups is 1. The first kappa shape index (κ1) is 18.2. The number of nitrogens with one attached hydrogen (secondary N) is 2. The van der Waals surface area contributed by atoms with Crippen molar-refractivity contribution in [1.29, 1.82) is 5.26 Å². The SMILES string of the molecule is CC(O)CN/C=C(/C#N)C(=O)NC(c1ccccc1)c1ccccc1. The number of aliphatic hydroxyl groups is 1. The smallest absolute Gasteiger partial charge is 0.264 e. The van der Waals surface area contributed by atoms with Gasteiger partial charge in [0.15, 0.2) is 0 Å². The summed E-state index contributed by atoms with van der Waals surface area (Å²) in [5.41, 5.74) is 1.81. The predicted molar refractivity (Wildman–Crippen MR) is 96.2 cm³/mol. The van der Waals surface area contributed by atoms with Crippen molar-refractivity contribution in [2.75, 3.05) is 6.54 Å². The van der Waals surface area contributed by atoms with Gasteiger partial charge in [0.2, 0.25) is 0 Å². The number of nitrogens with zero attached hydrogens (tertiary/aromatic N) is 1. The number of carbonyl (C=O) groups excluding carboxylic acids is 1. The first-order chi connectivity index (χ1) is 12.1. The van der Waals surface area contributed by atoms with Crippen LogP contribution in [0.1, 0.15) is 24.1 Å². The van der Waals surface area contributed by atoms with E-state index in [0.717, 1.165) is 11.1 Å². The van der Waals surface area contributed by atoms with Gasteiger partial charge in [-0.25, -0.2) is 0 Å². The van der Waals surface area contributed by atoms with Crippen LogP contribution in [0.2, 0.25) is 0 Å². The second kappa shape index (κ2) is 9.26. The molecule has 0 spiro atoms. The minimum absolute atomic E-state index is 0.0440. The molecule has 0 aromatic heterocycles. The Balaban J connectivity index is 2.22. The lowest BCUT2D eigenvalue weighted by Gasteiger charge is -2.19. The summed E-state index contributed by atoms with van der Waals surface area (Å²) in [5, 5.41) is 24.2. The summed E-state index contributed by atoms with van der Waals surface area (Å²) in [6.45, 7) is 1.88. The van der Waals surface area contributed by atoms with Crippen molar-refractivity contribution >= 4 is 5.91 Å². The van der Waals surface area contributed by atoms with Gasteiger partial charge in [-0.1, -0.05) is 60.7 Å². The van der Waals surface area contributed by atoms with E-state index in [0.29, 0.717) is 0 Å². The maximum absolute atomic E-state index is 12.5. The molecule has 2 aromatic rings. The Kier molecular flexibility index (Phi) is 6.76. The molecule has 3 N–H and O–H groups in total. The molecule has 0 heterocycles. The number of hydrogen-bond acceptors (Lipinski definition) is 4. The van der Waals surface area contributed by atoms with E-state index >= 15 is 0 Å². The van der Waals surface area contributed by atoms with Crippen LogP contribution in [-0.2, 0) is 4.79 Å². The third-order valence-electron chi connectivity index (χ3n) is 3.57. The van der Waals surface area contributed by atoms with Gasteiger partial charge >= 0.3 is 0 Å². The summed E-state index contributed by atoms with van der Waals surface area (Å²) in [4.78, 5) is 12.5. The zero-order chi connectivity index (χ0) is 18.1. The molecule has 0 aliphatic heterocycles. The molecule has 0 fully saturated rings. The summed E-state index contributed by atoms with van der Waals surface area (Å²) < 4.78 is 0. The molecule has 1 atom stereocenters. The fourth-order valence-electron chi connectivity index (χ4n) is 2.34. The van der Waals surface area contributed by atoms with Crippen LogP contribution in [0.15, 0.2) is 72.4 Å². The highest BCUT2D eigenvalue weighted by molar-refractivity contribution is 5.97. The molecule has 128 valence electrons. The Morgan fingerprint density at radius 1 is 1.12 bits per heavy atom. The van der Waals surface area contributed by atoms with Crippen LogP contribution in [-0.4, -0.2) is 23.7 Å². The Morgan fingerprint density at radius 3 is 2.08 bits per heavy atom. The number of benzene rings is 2. The minimum Gasteiger partial charge on any atom is -0.392 e. The van der Waals surface area contributed by atoms with Gasteiger partial charge in [0.05, 0.1) is 12.1 Å². The molecule has 0 bridgehead atoms. The van der Waals surface area contributed by atoms with Crippen molar-refractivity contribution in [2.45, 2.75) is 19.1 Å². The number of rotatable bonds is 7. The van der Waals surface area contributed by atoms with Crippen molar-refractivity contribution in [1.82, 2.24) is 10.6 Å². The molecule has 25 heavy (non-hydrogen) atoms. The van der Waals surface area contributed by atoms with Gasteiger partial charge in [-0.2, -0.15) is 5.26 Å². The monoisotopic (exact) mass is 335 g/mol. The summed E-state index contributed by atoms with van der Waals surface area (Å²) >= 11 is 0. The Hall–Kier alpha value is -3.10. The summed E-state index contributed by atoms with van der Waals surface area (Å²) in [6, 6.07) is 20.7. The highest BCUT2D eigenvalue weighted by Crippen LogP contribution is 2.22. The fourth-order valence-corrected chi connectivity index (χ4v) is 2.34. The highest BCUT2D eigenvalue weighted by Gasteiger charge is 2.19. The molecular formula is C20H21N3O2. The lowest BCUT2D eigenvalue weighted by Crippen LogP contribution is -2.31. The molecule has 0 aliphatic rings. The zero-order valence-corrected chi connectivity index (χ0v) is 14.0. The number of amides is 1. The molecule has 1 amide bonds. The van der Waals surface area contributed by atoms with E-state index in [1.165, 1.54) is 6.20 Å². The summed E-state index contributed by atoms with van der Waals surface area (Å²) in [5.74, 6) is -0.474. The average molecular weight is 335 g/mol. The van der Waals surface area contributed by atoms with Crippen LogP contribution >= 0.6 is 0 Å². The Bertz CT molecular complexity index is 710. The van der Waals surface area contributed by atoms with E-state index in [2.05, 4.69) is 10.6 Å². The summed E-state index contributed by atoms with van der Waals surface area (Å²) in [7, 11) is 0.